The maximum atomic E-state index is 13.0. The quantitative estimate of drug-likeness (QED) is 0.876. The molecule has 0 spiro atoms. The number of rotatable bonds is 4. The second-order valence-electron chi connectivity index (χ2n) is 6.06. The van der Waals surface area contributed by atoms with Crippen molar-refractivity contribution < 1.29 is 21.6 Å². The third kappa shape index (κ3) is 3.73. The normalized spacial score (nSPS) is 17.5. The molecule has 2 aromatic rings. The Kier molecular flexibility index (Phi) is 4.77. The Morgan fingerprint density at radius 3 is 2.85 bits per heavy atom. The van der Waals surface area contributed by atoms with Gasteiger partial charge in [0.15, 0.2) is 0 Å². The van der Waals surface area contributed by atoms with Crippen LogP contribution in [0.15, 0.2) is 35.5 Å². The van der Waals surface area contributed by atoms with E-state index in [1.54, 1.807) is 6.20 Å². The number of alkyl halides is 3. The first-order chi connectivity index (χ1) is 12.2. The summed E-state index contributed by atoms with van der Waals surface area (Å²) in [7, 11) is -4.12. The van der Waals surface area contributed by atoms with Gasteiger partial charge in [-0.3, -0.25) is 0 Å². The van der Waals surface area contributed by atoms with E-state index in [1.807, 2.05) is 10.8 Å². The fourth-order valence-electron chi connectivity index (χ4n) is 2.92. The zero-order chi connectivity index (χ0) is 18.9. The van der Waals surface area contributed by atoms with Crippen LogP contribution >= 0.6 is 0 Å². The zero-order valence-electron chi connectivity index (χ0n) is 13.5. The van der Waals surface area contributed by atoms with Crippen LogP contribution in [-0.4, -0.2) is 24.5 Å². The van der Waals surface area contributed by atoms with E-state index in [0.717, 1.165) is 30.9 Å². The van der Waals surface area contributed by atoms with Gasteiger partial charge >= 0.3 is 6.18 Å². The lowest BCUT2D eigenvalue weighted by Gasteiger charge is -2.23. The number of aryl methyl sites for hydroxylation is 1. The first kappa shape index (κ1) is 18.4. The summed E-state index contributed by atoms with van der Waals surface area (Å²) in [5.74, 6) is 0.873. The number of hydrogen-bond donors (Lipinski definition) is 1. The average molecular weight is 384 g/mol. The standard InChI is InChI=1S/C16H15F3N4O2S/c17-16(18,19)14-8-13(2-1-12(14)9-20)26(24,25)22-10-11-3-5-23-6-4-21-15(23)7-11/h1-2,4,6,8,11,22H,3,5,7,10H2/t11-/m1/s1. The van der Waals surface area contributed by atoms with Crippen molar-refractivity contribution in [3.63, 3.8) is 0 Å². The van der Waals surface area contributed by atoms with Crippen molar-refractivity contribution in [2.24, 2.45) is 5.92 Å². The highest BCUT2D eigenvalue weighted by atomic mass is 32.2. The number of hydrogen-bond acceptors (Lipinski definition) is 4. The Balaban J connectivity index is 1.76. The maximum Gasteiger partial charge on any atom is 0.417 e. The number of nitriles is 1. The van der Waals surface area contributed by atoms with Gasteiger partial charge in [0.05, 0.1) is 22.1 Å². The Labute approximate surface area is 148 Å². The summed E-state index contributed by atoms with van der Waals surface area (Å²) in [6.07, 6.45) is 0.0588. The molecule has 0 bridgehead atoms. The Hall–Kier alpha value is -2.38. The molecular formula is C16H15F3N4O2S. The van der Waals surface area contributed by atoms with Crippen LogP contribution in [0.5, 0.6) is 0 Å². The van der Waals surface area contributed by atoms with E-state index in [0.29, 0.717) is 12.5 Å². The second kappa shape index (κ2) is 6.74. The highest BCUT2D eigenvalue weighted by Crippen LogP contribution is 2.33. The van der Waals surface area contributed by atoms with Crippen LogP contribution in [0.25, 0.3) is 0 Å². The number of benzene rings is 1. The van der Waals surface area contributed by atoms with Gasteiger partial charge in [-0.15, -0.1) is 0 Å². The minimum Gasteiger partial charge on any atom is -0.335 e. The van der Waals surface area contributed by atoms with Gasteiger partial charge in [-0.25, -0.2) is 18.1 Å². The van der Waals surface area contributed by atoms with E-state index in [-0.39, 0.29) is 12.5 Å². The van der Waals surface area contributed by atoms with Gasteiger partial charge in [-0.05, 0) is 30.5 Å². The summed E-state index contributed by atoms with van der Waals surface area (Å²) in [6, 6.07) is 3.79. The Bertz CT molecular complexity index is 961. The van der Waals surface area contributed by atoms with E-state index in [2.05, 4.69) is 9.71 Å². The van der Waals surface area contributed by atoms with Crippen LogP contribution in [0.1, 0.15) is 23.4 Å². The molecule has 1 N–H and O–H groups in total. The molecular weight excluding hydrogens is 369 g/mol. The molecule has 0 fully saturated rings. The van der Waals surface area contributed by atoms with Crippen molar-refractivity contribution >= 4 is 10.0 Å². The van der Waals surface area contributed by atoms with Gasteiger partial charge in [-0.2, -0.15) is 18.4 Å². The van der Waals surface area contributed by atoms with Crippen LogP contribution in [0.3, 0.4) is 0 Å². The molecule has 0 saturated heterocycles. The van der Waals surface area contributed by atoms with Gasteiger partial charge < -0.3 is 4.57 Å². The third-order valence-electron chi connectivity index (χ3n) is 4.34. The van der Waals surface area contributed by atoms with Crippen molar-refractivity contribution in [3.05, 3.63) is 47.5 Å². The van der Waals surface area contributed by atoms with Gasteiger partial charge in [0.1, 0.15) is 5.82 Å². The molecule has 138 valence electrons. The minimum atomic E-state index is -4.81. The SMILES string of the molecule is N#Cc1ccc(S(=O)(=O)NC[C@@H]2CCn3ccnc3C2)cc1C(F)(F)F. The topological polar surface area (TPSA) is 87.8 Å². The molecule has 10 heteroatoms. The highest BCUT2D eigenvalue weighted by Gasteiger charge is 2.35. The van der Waals surface area contributed by atoms with Gasteiger partial charge in [0.25, 0.3) is 0 Å². The van der Waals surface area contributed by atoms with Crippen LogP contribution in [0.2, 0.25) is 0 Å². The number of sulfonamides is 1. The molecule has 6 nitrogen and oxygen atoms in total. The molecule has 0 unspecified atom stereocenters. The van der Waals surface area contributed by atoms with Gasteiger partial charge in [-0.1, -0.05) is 0 Å². The van der Waals surface area contributed by atoms with Crippen molar-refractivity contribution in [2.75, 3.05) is 6.54 Å². The van der Waals surface area contributed by atoms with E-state index in [1.165, 1.54) is 6.07 Å². The summed E-state index contributed by atoms with van der Waals surface area (Å²) in [6.45, 7) is 0.827. The molecule has 0 saturated carbocycles. The lowest BCUT2D eigenvalue weighted by atomic mass is 9.98. The van der Waals surface area contributed by atoms with Crippen molar-refractivity contribution in [1.82, 2.24) is 14.3 Å². The fraction of sp³-hybridized carbons (Fsp3) is 0.375. The predicted molar refractivity (Wildman–Crippen MR) is 85.4 cm³/mol. The van der Waals surface area contributed by atoms with E-state index >= 15 is 0 Å². The molecule has 0 aliphatic carbocycles. The maximum absolute atomic E-state index is 13.0. The zero-order valence-corrected chi connectivity index (χ0v) is 14.3. The molecule has 3 rings (SSSR count). The van der Waals surface area contributed by atoms with Gasteiger partial charge in [0, 0.05) is 31.9 Å². The predicted octanol–water partition coefficient (Wildman–Crippen LogP) is 2.31. The number of halogens is 3. The highest BCUT2D eigenvalue weighted by molar-refractivity contribution is 7.89. The number of nitrogens with one attached hydrogen (secondary N) is 1. The molecule has 0 radical (unpaired) electrons. The summed E-state index contributed by atoms with van der Waals surface area (Å²) < 4.78 is 68.1. The Morgan fingerprint density at radius 1 is 1.38 bits per heavy atom. The number of imidazole rings is 1. The van der Waals surface area contributed by atoms with Gasteiger partial charge in [0.2, 0.25) is 10.0 Å². The lowest BCUT2D eigenvalue weighted by molar-refractivity contribution is -0.137. The first-order valence-corrected chi connectivity index (χ1v) is 9.30. The van der Waals surface area contributed by atoms with E-state index in [9.17, 15) is 21.6 Å². The summed E-state index contributed by atoms with van der Waals surface area (Å²) >= 11 is 0. The Morgan fingerprint density at radius 2 is 2.15 bits per heavy atom. The summed E-state index contributed by atoms with van der Waals surface area (Å²) in [5.41, 5.74) is -1.88. The average Bonchev–Trinajstić information content (AvgIpc) is 3.06. The number of fused-ring (bicyclic) bond motifs is 1. The molecule has 26 heavy (non-hydrogen) atoms. The summed E-state index contributed by atoms with van der Waals surface area (Å²) in [4.78, 5) is 3.68. The van der Waals surface area contributed by atoms with Crippen molar-refractivity contribution in [1.29, 1.82) is 5.26 Å². The minimum absolute atomic E-state index is 0.0140. The lowest BCUT2D eigenvalue weighted by Crippen LogP contribution is -2.33. The molecule has 1 aliphatic heterocycles. The molecule has 1 aromatic heterocycles. The van der Waals surface area contributed by atoms with Crippen LogP contribution in [-0.2, 0) is 29.2 Å². The molecule has 0 amide bonds. The number of nitrogens with zero attached hydrogens (tertiary/aromatic N) is 3. The van der Waals surface area contributed by atoms with Crippen molar-refractivity contribution in [2.45, 2.75) is 30.5 Å². The fourth-order valence-corrected chi connectivity index (χ4v) is 4.07. The monoisotopic (exact) mass is 384 g/mol. The van der Waals surface area contributed by atoms with E-state index < -0.39 is 32.2 Å². The molecule has 2 heterocycles. The largest absolute Gasteiger partial charge is 0.417 e. The molecule has 1 atom stereocenters. The van der Waals surface area contributed by atoms with Crippen LogP contribution in [0, 0.1) is 17.2 Å². The van der Waals surface area contributed by atoms with Crippen LogP contribution < -0.4 is 4.72 Å². The van der Waals surface area contributed by atoms with Crippen LogP contribution in [0.4, 0.5) is 13.2 Å². The van der Waals surface area contributed by atoms with E-state index in [4.69, 9.17) is 5.26 Å². The number of aromatic nitrogens is 2. The summed E-state index contributed by atoms with van der Waals surface area (Å²) in [5, 5.41) is 8.79. The molecule has 1 aromatic carbocycles. The second-order valence-corrected chi connectivity index (χ2v) is 7.83. The van der Waals surface area contributed by atoms with Crippen molar-refractivity contribution in [3.8, 4) is 6.07 Å². The molecule has 1 aliphatic rings. The smallest absolute Gasteiger partial charge is 0.335 e. The first-order valence-electron chi connectivity index (χ1n) is 7.82. The third-order valence-corrected chi connectivity index (χ3v) is 5.76.